The van der Waals surface area contributed by atoms with E-state index in [0.717, 1.165) is 0 Å². The molecule has 0 aliphatic carbocycles. The molecule has 6 heteroatoms. The van der Waals surface area contributed by atoms with E-state index in [0.29, 0.717) is 23.8 Å². The highest BCUT2D eigenvalue weighted by atomic mass is 32.1. The van der Waals surface area contributed by atoms with Crippen LogP contribution >= 0.6 is 11.3 Å². The van der Waals surface area contributed by atoms with Gasteiger partial charge in [-0.25, -0.2) is 0 Å². The van der Waals surface area contributed by atoms with E-state index in [4.69, 9.17) is 14.6 Å². The van der Waals surface area contributed by atoms with Gasteiger partial charge < -0.3 is 19.9 Å². The topological polar surface area (TPSA) is 67.8 Å². The summed E-state index contributed by atoms with van der Waals surface area (Å²) in [5.74, 6) is 0.415. The number of hydrogen-bond donors (Lipinski definition) is 2. The molecule has 0 aliphatic rings. The van der Waals surface area contributed by atoms with Gasteiger partial charge in [0.1, 0.15) is 10.6 Å². The van der Waals surface area contributed by atoms with Gasteiger partial charge in [-0.3, -0.25) is 4.79 Å². The Labute approximate surface area is 98.0 Å². The van der Waals surface area contributed by atoms with Crippen molar-refractivity contribution in [3.63, 3.8) is 0 Å². The van der Waals surface area contributed by atoms with Gasteiger partial charge in [-0.05, 0) is 11.4 Å². The van der Waals surface area contributed by atoms with Crippen LogP contribution in [-0.4, -0.2) is 44.5 Å². The highest BCUT2D eigenvalue weighted by Gasteiger charge is 2.12. The van der Waals surface area contributed by atoms with Crippen LogP contribution in [0.25, 0.3) is 0 Å². The van der Waals surface area contributed by atoms with Crippen LogP contribution in [0.15, 0.2) is 11.4 Å². The van der Waals surface area contributed by atoms with Crippen molar-refractivity contribution in [2.75, 3.05) is 33.5 Å². The van der Waals surface area contributed by atoms with Crippen LogP contribution < -0.4 is 10.1 Å². The minimum Gasteiger partial charge on any atom is -0.495 e. The molecule has 0 unspecified atom stereocenters. The standard InChI is InChI=1S/C10H15NO4S/c1-14-8-2-7-16-9(8)10(13)11-3-5-15-6-4-12/h2,7,12H,3-6H2,1H3,(H,11,13). The van der Waals surface area contributed by atoms with Crippen molar-refractivity contribution in [2.45, 2.75) is 0 Å². The molecular weight excluding hydrogens is 230 g/mol. The van der Waals surface area contributed by atoms with Crippen LogP contribution in [0.3, 0.4) is 0 Å². The van der Waals surface area contributed by atoms with Crippen molar-refractivity contribution < 1.29 is 19.4 Å². The number of methoxy groups -OCH3 is 1. The Morgan fingerprint density at radius 2 is 2.38 bits per heavy atom. The molecule has 0 radical (unpaired) electrons. The summed E-state index contributed by atoms with van der Waals surface area (Å²) < 4.78 is 10.1. The summed E-state index contributed by atoms with van der Waals surface area (Å²) in [6, 6.07) is 1.75. The predicted octanol–water partition coefficient (Wildman–Crippen LogP) is 0.495. The second-order valence-corrected chi connectivity index (χ2v) is 3.83. The van der Waals surface area contributed by atoms with Crippen LogP contribution in [0.5, 0.6) is 5.75 Å². The Morgan fingerprint density at radius 1 is 1.56 bits per heavy atom. The van der Waals surface area contributed by atoms with Gasteiger partial charge in [0.15, 0.2) is 0 Å². The average molecular weight is 245 g/mol. The van der Waals surface area contributed by atoms with E-state index in [-0.39, 0.29) is 19.1 Å². The number of nitrogens with one attached hydrogen (secondary N) is 1. The zero-order chi connectivity index (χ0) is 11.8. The molecule has 0 aliphatic heterocycles. The number of ether oxygens (including phenoxy) is 2. The quantitative estimate of drug-likeness (QED) is 0.686. The molecular formula is C10H15NO4S. The maximum absolute atomic E-state index is 11.6. The van der Waals surface area contributed by atoms with Crippen molar-refractivity contribution in [2.24, 2.45) is 0 Å². The third kappa shape index (κ3) is 3.80. The van der Waals surface area contributed by atoms with E-state index in [1.165, 1.54) is 18.4 Å². The molecule has 1 heterocycles. The largest absolute Gasteiger partial charge is 0.495 e. The smallest absolute Gasteiger partial charge is 0.265 e. The Morgan fingerprint density at radius 3 is 3.06 bits per heavy atom. The summed E-state index contributed by atoms with van der Waals surface area (Å²) in [4.78, 5) is 12.2. The first kappa shape index (κ1) is 13.0. The van der Waals surface area contributed by atoms with Crippen molar-refractivity contribution in [3.8, 4) is 5.75 Å². The summed E-state index contributed by atoms with van der Waals surface area (Å²) in [6.07, 6.45) is 0. The molecule has 0 fully saturated rings. The van der Waals surface area contributed by atoms with Crippen LogP contribution in [0.4, 0.5) is 0 Å². The Hall–Kier alpha value is -1.11. The Bertz CT molecular complexity index is 326. The van der Waals surface area contributed by atoms with Gasteiger partial charge >= 0.3 is 0 Å². The Kier molecular flexibility index (Phi) is 5.84. The second kappa shape index (κ2) is 7.21. The van der Waals surface area contributed by atoms with Crippen LogP contribution in [0.1, 0.15) is 9.67 Å². The lowest BCUT2D eigenvalue weighted by Gasteiger charge is -2.05. The fourth-order valence-corrected chi connectivity index (χ4v) is 1.88. The molecule has 1 rings (SSSR count). The third-order valence-electron chi connectivity index (χ3n) is 1.82. The van der Waals surface area contributed by atoms with Gasteiger partial charge in [0, 0.05) is 6.54 Å². The Balaban J connectivity index is 2.30. The third-order valence-corrected chi connectivity index (χ3v) is 2.72. The number of rotatable bonds is 7. The van der Waals surface area contributed by atoms with Crippen LogP contribution in [-0.2, 0) is 4.74 Å². The van der Waals surface area contributed by atoms with Gasteiger partial charge in [-0.2, -0.15) is 0 Å². The molecule has 1 aromatic heterocycles. The van der Waals surface area contributed by atoms with E-state index in [9.17, 15) is 4.79 Å². The lowest BCUT2D eigenvalue weighted by molar-refractivity contribution is 0.0839. The summed E-state index contributed by atoms with van der Waals surface area (Å²) in [7, 11) is 1.53. The zero-order valence-corrected chi connectivity index (χ0v) is 9.88. The number of hydrogen-bond acceptors (Lipinski definition) is 5. The molecule has 0 saturated carbocycles. The van der Waals surface area contributed by atoms with E-state index in [1.807, 2.05) is 0 Å². The molecule has 2 N–H and O–H groups in total. The summed E-state index contributed by atoms with van der Waals surface area (Å²) in [6.45, 7) is 1.09. The van der Waals surface area contributed by atoms with Crippen molar-refractivity contribution in [3.05, 3.63) is 16.3 Å². The first-order valence-corrected chi connectivity index (χ1v) is 5.76. The lowest BCUT2D eigenvalue weighted by Crippen LogP contribution is -2.27. The van der Waals surface area contributed by atoms with Crippen LogP contribution in [0, 0.1) is 0 Å². The van der Waals surface area contributed by atoms with Gasteiger partial charge in [0.05, 0.1) is 26.9 Å². The molecule has 0 atom stereocenters. The molecule has 0 saturated heterocycles. The molecule has 1 amide bonds. The molecule has 0 aromatic carbocycles. The molecule has 90 valence electrons. The zero-order valence-electron chi connectivity index (χ0n) is 9.06. The first-order valence-electron chi connectivity index (χ1n) is 4.88. The molecule has 5 nitrogen and oxygen atoms in total. The molecule has 0 bridgehead atoms. The molecule has 1 aromatic rings. The second-order valence-electron chi connectivity index (χ2n) is 2.91. The fourth-order valence-electron chi connectivity index (χ4n) is 1.11. The number of carbonyl (C=O) groups excluding carboxylic acids is 1. The van der Waals surface area contributed by atoms with Crippen molar-refractivity contribution in [1.29, 1.82) is 0 Å². The van der Waals surface area contributed by atoms with E-state index in [2.05, 4.69) is 5.32 Å². The number of carbonyl (C=O) groups is 1. The SMILES string of the molecule is COc1ccsc1C(=O)NCCOCCO. The fraction of sp³-hybridized carbons (Fsp3) is 0.500. The van der Waals surface area contributed by atoms with Crippen molar-refractivity contribution in [1.82, 2.24) is 5.32 Å². The minimum absolute atomic E-state index is 0.00725. The monoisotopic (exact) mass is 245 g/mol. The van der Waals surface area contributed by atoms with Crippen molar-refractivity contribution >= 4 is 17.2 Å². The molecule has 0 spiro atoms. The number of aliphatic hydroxyl groups is 1. The van der Waals surface area contributed by atoms with E-state index >= 15 is 0 Å². The summed E-state index contributed by atoms with van der Waals surface area (Å²) in [5, 5.41) is 13.0. The van der Waals surface area contributed by atoms with Crippen LogP contribution in [0.2, 0.25) is 0 Å². The van der Waals surface area contributed by atoms with Gasteiger partial charge in [-0.1, -0.05) is 0 Å². The van der Waals surface area contributed by atoms with Gasteiger partial charge in [-0.15, -0.1) is 11.3 Å². The normalized spacial score (nSPS) is 10.1. The lowest BCUT2D eigenvalue weighted by atomic mass is 10.4. The minimum atomic E-state index is -0.167. The van der Waals surface area contributed by atoms with Gasteiger partial charge in [0.2, 0.25) is 0 Å². The number of thiophene rings is 1. The highest BCUT2D eigenvalue weighted by Crippen LogP contribution is 2.23. The predicted molar refractivity (Wildman–Crippen MR) is 61.1 cm³/mol. The summed E-state index contributed by atoms with van der Waals surface area (Å²) >= 11 is 1.33. The highest BCUT2D eigenvalue weighted by molar-refractivity contribution is 7.12. The maximum Gasteiger partial charge on any atom is 0.265 e. The average Bonchev–Trinajstić information content (AvgIpc) is 2.76. The molecule has 16 heavy (non-hydrogen) atoms. The van der Waals surface area contributed by atoms with E-state index in [1.54, 1.807) is 11.4 Å². The number of amides is 1. The maximum atomic E-state index is 11.6. The number of aliphatic hydroxyl groups excluding tert-OH is 1. The summed E-state index contributed by atoms with van der Waals surface area (Å²) in [5.41, 5.74) is 0. The van der Waals surface area contributed by atoms with Gasteiger partial charge in [0.25, 0.3) is 5.91 Å². The van der Waals surface area contributed by atoms with E-state index < -0.39 is 0 Å². The first-order chi connectivity index (χ1) is 7.79.